The number of nitrogens with one attached hydrogen (secondary N) is 2. The smallest absolute Gasteiger partial charge is 0.259 e. The molecule has 0 saturated heterocycles. The quantitative estimate of drug-likeness (QED) is 0.542. The Morgan fingerprint density at radius 2 is 1.63 bits per heavy atom. The van der Waals surface area contributed by atoms with E-state index in [0.717, 1.165) is 5.56 Å². The van der Waals surface area contributed by atoms with E-state index in [4.69, 9.17) is 14.2 Å². The number of amides is 2. The van der Waals surface area contributed by atoms with Gasteiger partial charge in [-0.25, -0.2) is 5.43 Å². The summed E-state index contributed by atoms with van der Waals surface area (Å²) >= 11 is 0. The molecule has 0 saturated carbocycles. The van der Waals surface area contributed by atoms with Crippen molar-refractivity contribution in [3.8, 4) is 17.2 Å². The first-order valence-corrected chi connectivity index (χ1v) is 8.04. The first-order valence-electron chi connectivity index (χ1n) is 8.04. The van der Waals surface area contributed by atoms with Crippen molar-refractivity contribution >= 4 is 18.0 Å². The minimum Gasteiger partial charge on any atom is -0.493 e. The first kappa shape index (κ1) is 19.8. The van der Waals surface area contributed by atoms with Crippen molar-refractivity contribution in [2.45, 2.75) is 0 Å². The number of nitrogens with zero attached hydrogens (tertiary/aromatic N) is 1. The molecular weight excluding hydrogens is 350 g/mol. The lowest BCUT2D eigenvalue weighted by atomic mass is 10.1. The number of benzene rings is 2. The van der Waals surface area contributed by atoms with Crippen molar-refractivity contribution in [1.29, 1.82) is 0 Å². The van der Waals surface area contributed by atoms with E-state index < -0.39 is 11.8 Å². The molecule has 8 heteroatoms. The summed E-state index contributed by atoms with van der Waals surface area (Å²) in [5.74, 6) is 0.154. The summed E-state index contributed by atoms with van der Waals surface area (Å²) in [6, 6.07) is 12.3. The van der Waals surface area contributed by atoms with Gasteiger partial charge in [0.2, 0.25) is 5.75 Å². The second-order valence-corrected chi connectivity index (χ2v) is 5.30. The van der Waals surface area contributed by atoms with Crippen LogP contribution >= 0.6 is 0 Å². The Morgan fingerprint density at radius 1 is 1.00 bits per heavy atom. The average Bonchev–Trinajstić information content (AvgIpc) is 2.71. The largest absolute Gasteiger partial charge is 0.493 e. The SMILES string of the molecule is COc1cc(C(=O)NCC(=O)N/N=C/c2ccccc2)cc(OC)c1OC. The van der Waals surface area contributed by atoms with E-state index in [-0.39, 0.29) is 12.1 Å². The molecule has 0 aliphatic rings. The topological polar surface area (TPSA) is 98.2 Å². The fourth-order valence-corrected chi connectivity index (χ4v) is 2.23. The molecule has 0 fully saturated rings. The lowest BCUT2D eigenvalue weighted by Crippen LogP contribution is -2.34. The summed E-state index contributed by atoms with van der Waals surface area (Å²) in [7, 11) is 4.38. The Balaban J connectivity index is 1.95. The Hall–Kier alpha value is -3.55. The minimum absolute atomic E-state index is 0.235. The highest BCUT2D eigenvalue weighted by atomic mass is 16.5. The van der Waals surface area contributed by atoms with Crippen molar-refractivity contribution in [2.24, 2.45) is 5.10 Å². The number of carbonyl (C=O) groups is 2. The van der Waals surface area contributed by atoms with E-state index >= 15 is 0 Å². The van der Waals surface area contributed by atoms with Crippen LogP contribution in [0.5, 0.6) is 17.2 Å². The van der Waals surface area contributed by atoms with E-state index in [2.05, 4.69) is 15.8 Å². The zero-order valence-electron chi connectivity index (χ0n) is 15.3. The van der Waals surface area contributed by atoms with Crippen molar-refractivity contribution in [1.82, 2.24) is 10.7 Å². The Labute approximate surface area is 157 Å². The number of ether oxygens (including phenoxy) is 3. The minimum atomic E-state index is -0.462. The van der Waals surface area contributed by atoms with E-state index in [9.17, 15) is 9.59 Å². The molecule has 0 radical (unpaired) electrons. The number of carbonyl (C=O) groups excluding carboxylic acids is 2. The van der Waals surface area contributed by atoms with Crippen LogP contribution in [0.2, 0.25) is 0 Å². The number of hydrogen-bond acceptors (Lipinski definition) is 6. The lowest BCUT2D eigenvalue weighted by Gasteiger charge is -2.14. The van der Waals surface area contributed by atoms with Gasteiger partial charge in [-0.1, -0.05) is 30.3 Å². The molecule has 0 aliphatic carbocycles. The number of hydrogen-bond donors (Lipinski definition) is 2. The van der Waals surface area contributed by atoms with E-state index in [1.54, 1.807) is 0 Å². The van der Waals surface area contributed by atoms with Gasteiger partial charge in [-0.15, -0.1) is 0 Å². The van der Waals surface area contributed by atoms with Gasteiger partial charge >= 0.3 is 0 Å². The number of hydrazone groups is 1. The van der Waals surface area contributed by atoms with Gasteiger partial charge in [0.15, 0.2) is 11.5 Å². The third-order valence-electron chi connectivity index (χ3n) is 3.54. The Morgan fingerprint density at radius 3 is 2.19 bits per heavy atom. The highest BCUT2D eigenvalue weighted by Gasteiger charge is 2.17. The Bertz CT molecular complexity index is 796. The van der Waals surface area contributed by atoms with E-state index in [0.29, 0.717) is 17.2 Å². The molecule has 0 unspecified atom stereocenters. The maximum Gasteiger partial charge on any atom is 0.259 e. The van der Waals surface area contributed by atoms with Crippen LogP contribution in [0.15, 0.2) is 47.6 Å². The normalized spacial score (nSPS) is 10.3. The lowest BCUT2D eigenvalue weighted by molar-refractivity contribution is -0.120. The molecule has 0 heterocycles. The van der Waals surface area contributed by atoms with Gasteiger partial charge in [-0.2, -0.15) is 5.10 Å². The predicted octanol–water partition coefficient (Wildman–Crippen LogP) is 1.59. The molecule has 2 aromatic rings. The molecule has 2 N–H and O–H groups in total. The maximum absolute atomic E-state index is 12.3. The average molecular weight is 371 g/mol. The fraction of sp³-hybridized carbons (Fsp3) is 0.211. The molecule has 0 bridgehead atoms. The molecule has 0 aromatic heterocycles. The van der Waals surface area contributed by atoms with Crippen LogP contribution in [-0.2, 0) is 4.79 Å². The molecule has 27 heavy (non-hydrogen) atoms. The molecule has 0 spiro atoms. The Kier molecular flexibility index (Phi) is 7.18. The molecule has 8 nitrogen and oxygen atoms in total. The molecule has 0 atom stereocenters. The maximum atomic E-state index is 12.3. The zero-order chi connectivity index (χ0) is 19.6. The number of rotatable bonds is 8. The monoisotopic (exact) mass is 371 g/mol. The third kappa shape index (κ3) is 5.46. The molecular formula is C19H21N3O5. The summed E-state index contributed by atoms with van der Waals surface area (Å²) in [6.07, 6.45) is 1.51. The highest BCUT2D eigenvalue weighted by molar-refractivity contribution is 5.97. The molecule has 2 rings (SSSR count). The van der Waals surface area contributed by atoms with Gasteiger partial charge in [0.1, 0.15) is 0 Å². The number of methoxy groups -OCH3 is 3. The van der Waals surface area contributed by atoms with Gasteiger partial charge in [-0.3, -0.25) is 9.59 Å². The second kappa shape index (κ2) is 9.81. The summed E-state index contributed by atoms with van der Waals surface area (Å²) < 4.78 is 15.6. The van der Waals surface area contributed by atoms with E-state index in [1.807, 2.05) is 30.3 Å². The molecule has 142 valence electrons. The summed E-state index contributed by atoms with van der Waals surface area (Å²) in [5, 5.41) is 6.35. The van der Waals surface area contributed by atoms with Gasteiger partial charge in [-0.05, 0) is 17.7 Å². The van der Waals surface area contributed by atoms with Gasteiger partial charge in [0.25, 0.3) is 11.8 Å². The molecule has 0 aliphatic heterocycles. The van der Waals surface area contributed by atoms with Gasteiger partial charge in [0, 0.05) is 5.56 Å². The molecule has 2 aromatic carbocycles. The fourth-order valence-electron chi connectivity index (χ4n) is 2.23. The zero-order valence-corrected chi connectivity index (χ0v) is 15.3. The predicted molar refractivity (Wildman–Crippen MR) is 101 cm³/mol. The second-order valence-electron chi connectivity index (χ2n) is 5.30. The summed E-state index contributed by atoms with van der Waals surface area (Å²) in [6.45, 7) is -0.235. The standard InChI is InChI=1S/C19H21N3O5/c1-25-15-9-14(10-16(26-2)18(15)27-3)19(24)20-12-17(23)22-21-11-13-7-5-4-6-8-13/h4-11H,12H2,1-3H3,(H,20,24)(H,22,23)/b21-11+. The highest BCUT2D eigenvalue weighted by Crippen LogP contribution is 2.38. The molecule has 2 amide bonds. The van der Waals surface area contributed by atoms with Crippen LogP contribution < -0.4 is 25.0 Å². The van der Waals surface area contributed by atoms with Crippen LogP contribution in [0.25, 0.3) is 0 Å². The van der Waals surface area contributed by atoms with Gasteiger partial charge < -0.3 is 19.5 Å². The van der Waals surface area contributed by atoms with Crippen molar-refractivity contribution < 1.29 is 23.8 Å². The summed E-state index contributed by atoms with van der Waals surface area (Å²) in [4.78, 5) is 24.1. The van der Waals surface area contributed by atoms with E-state index in [1.165, 1.54) is 39.7 Å². The van der Waals surface area contributed by atoms with Gasteiger partial charge in [0.05, 0.1) is 34.1 Å². The van der Waals surface area contributed by atoms with Crippen molar-refractivity contribution in [2.75, 3.05) is 27.9 Å². The van der Waals surface area contributed by atoms with Crippen LogP contribution in [-0.4, -0.2) is 45.9 Å². The van der Waals surface area contributed by atoms with Crippen LogP contribution in [0.4, 0.5) is 0 Å². The van der Waals surface area contributed by atoms with Crippen molar-refractivity contribution in [3.63, 3.8) is 0 Å². The van der Waals surface area contributed by atoms with Crippen LogP contribution in [0.3, 0.4) is 0 Å². The van der Waals surface area contributed by atoms with Crippen molar-refractivity contribution in [3.05, 3.63) is 53.6 Å². The first-order chi connectivity index (χ1) is 13.1. The van der Waals surface area contributed by atoms with Crippen LogP contribution in [0, 0.1) is 0 Å². The third-order valence-corrected chi connectivity index (χ3v) is 3.54. The van der Waals surface area contributed by atoms with Crippen LogP contribution in [0.1, 0.15) is 15.9 Å². The summed E-state index contributed by atoms with van der Waals surface area (Å²) in [5.41, 5.74) is 3.46.